The van der Waals surface area contributed by atoms with Gasteiger partial charge in [-0.05, 0) is 36.6 Å². The maximum absolute atomic E-state index is 12.0. The zero-order valence-corrected chi connectivity index (χ0v) is 10.4. The molecule has 92 valence electrons. The van der Waals surface area contributed by atoms with Gasteiger partial charge < -0.3 is 10.4 Å². The Balaban J connectivity index is 2.00. The van der Waals surface area contributed by atoms with Crippen molar-refractivity contribution < 1.29 is 14.7 Å². The van der Waals surface area contributed by atoms with Crippen molar-refractivity contribution >= 4 is 23.2 Å². The second-order valence-corrected chi connectivity index (χ2v) is 5.23. The molecule has 1 aromatic rings. The van der Waals surface area contributed by atoms with Crippen LogP contribution >= 0.6 is 11.3 Å². The molecule has 5 heteroatoms. The van der Waals surface area contributed by atoms with Gasteiger partial charge in [0.05, 0.1) is 12.0 Å². The summed E-state index contributed by atoms with van der Waals surface area (Å²) in [6.07, 6.45) is 2.04. The van der Waals surface area contributed by atoms with Crippen molar-refractivity contribution in [2.75, 3.05) is 0 Å². The highest BCUT2D eigenvalue weighted by molar-refractivity contribution is 7.08. The number of hydrogen-bond acceptors (Lipinski definition) is 3. The van der Waals surface area contributed by atoms with Crippen molar-refractivity contribution in [2.45, 2.75) is 32.2 Å². The quantitative estimate of drug-likeness (QED) is 0.844. The van der Waals surface area contributed by atoms with Crippen molar-refractivity contribution in [1.29, 1.82) is 0 Å². The average Bonchev–Trinajstić information content (AvgIpc) is 3.00. The van der Waals surface area contributed by atoms with Crippen molar-refractivity contribution in [3.63, 3.8) is 0 Å². The molecule has 1 saturated carbocycles. The summed E-state index contributed by atoms with van der Waals surface area (Å²) in [7, 11) is 0. The Kier molecular flexibility index (Phi) is 3.47. The predicted molar refractivity (Wildman–Crippen MR) is 65.3 cm³/mol. The maximum Gasteiger partial charge on any atom is 0.305 e. The Morgan fingerprint density at radius 1 is 1.53 bits per heavy atom. The molecule has 0 aromatic carbocycles. The molecule has 0 radical (unpaired) electrons. The monoisotopic (exact) mass is 253 g/mol. The van der Waals surface area contributed by atoms with Gasteiger partial charge in [-0.25, -0.2) is 0 Å². The molecule has 2 N–H and O–H groups in total. The summed E-state index contributed by atoms with van der Waals surface area (Å²) >= 11 is 1.48. The van der Waals surface area contributed by atoms with Crippen LogP contribution in [0.25, 0.3) is 0 Å². The molecule has 0 bridgehead atoms. The molecule has 4 nitrogen and oxygen atoms in total. The van der Waals surface area contributed by atoms with Crippen molar-refractivity contribution in [1.82, 2.24) is 5.32 Å². The lowest BCUT2D eigenvalue weighted by molar-refractivity contribution is -0.137. The minimum Gasteiger partial charge on any atom is -0.481 e. The highest BCUT2D eigenvalue weighted by Gasteiger charge is 2.34. The molecule has 17 heavy (non-hydrogen) atoms. The third kappa shape index (κ3) is 3.06. The number of rotatable bonds is 5. The van der Waals surface area contributed by atoms with Gasteiger partial charge in [0, 0.05) is 11.4 Å². The second kappa shape index (κ2) is 4.87. The Morgan fingerprint density at radius 3 is 2.71 bits per heavy atom. The summed E-state index contributed by atoms with van der Waals surface area (Å²) < 4.78 is 0. The van der Waals surface area contributed by atoms with Crippen molar-refractivity contribution in [3.8, 4) is 0 Å². The molecule has 1 unspecified atom stereocenters. The summed E-state index contributed by atoms with van der Waals surface area (Å²) in [6.45, 7) is 1.88. The normalized spacial score (nSPS) is 16.5. The van der Waals surface area contributed by atoms with E-state index in [9.17, 15) is 9.59 Å². The van der Waals surface area contributed by atoms with Crippen LogP contribution in [0.5, 0.6) is 0 Å². The number of carbonyl (C=O) groups is 2. The van der Waals surface area contributed by atoms with Crippen molar-refractivity contribution in [3.05, 3.63) is 21.9 Å². The van der Waals surface area contributed by atoms with Crippen LogP contribution in [0.2, 0.25) is 0 Å². The van der Waals surface area contributed by atoms with Crippen LogP contribution in [0.15, 0.2) is 10.8 Å². The number of carboxylic acids is 1. The summed E-state index contributed by atoms with van der Waals surface area (Å²) in [5.74, 6) is -0.667. The van der Waals surface area contributed by atoms with E-state index < -0.39 is 5.97 Å². The lowest BCUT2D eigenvalue weighted by Crippen LogP contribution is -2.38. The molecule has 1 heterocycles. The first-order chi connectivity index (χ1) is 8.08. The van der Waals surface area contributed by atoms with Gasteiger partial charge in [-0.2, -0.15) is 11.3 Å². The Bertz CT molecular complexity index is 437. The number of amides is 1. The van der Waals surface area contributed by atoms with Gasteiger partial charge in [0.1, 0.15) is 0 Å². The van der Waals surface area contributed by atoms with Crippen molar-refractivity contribution in [2.24, 2.45) is 5.92 Å². The molecule has 1 atom stereocenters. The van der Waals surface area contributed by atoms with Crippen LogP contribution in [0.4, 0.5) is 0 Å². The number of nitrogens with one attached hydrogen (secondary N) is 1. The standard InChI is InChI=1S/C12H15NO3S/c1-7-5-17-6-9(7)12(16)13-10(4-11(14)15)8-2-3-8/h5-6,8,10H,2-4H2,1H3,(H,13,16)(H,14,15). The maximum atomic E-state index is 12.0. The topological polar surface area (TPSA) is 66.4 Å². The summed E-state index contributed by atoms with van der Waals surface area (Å²) in [5.41, 5.74) is 1.60. The fourth-order valence-corrected chi connectivity index (χ4v) is 2.69. The van der Waals surface area contributed by atoms with Crippen LogP contribution in [0.3, 0.4) is 0 Å². The SMILES string of the molecule is Cc1cscc1C(=O)NC(CC(=O)O)C1CC1. The van der Waals surface area contributed by atoms with Crippen LogP contribution in [0.1, 0.15) is 35.2 Å². The average molecular weight is 253 g/mol. The van der Waals surface area contributed by atoms with E-state index in [0.29, 0.717) is 11.5 Å². The van der Waals surface area contributed by atoms with Crippen LogP contribution in [0, 0.1) is 12.8 Å². The molecular formula is C12H15NO3S. The summed E-state index contributed by atoms with van der Waals surface area (Å²) in [5, 5.41) is 15.4. The zero-order chi connectivity index (χ0) is 12.4. The molecular weight excluding hydrogens is 238 g/mol. The molecule has 2 rings (SSSR count). The van der Waals surface area contributed by atoms with Gasteiger partial charge in [0.25, 0.3) is 5.91 Å². The Labute approximate surface area is 104 Å². The van der Waals surface area contributed by atoms with Gasteiger partial charge in [-0.3, -0.25) is 9.59 Å². The first-order valence-corrected chi connectivity index (χ1v) is 6.57. The van der Waals surface area contributed by atoms with Gasteiger partial charge in [0.15, 0.2) is 0 Å². The largest absolute Gasteiger partial charge is 0.481 e. The van der Waals surface area contributed by atoms with Gasteiger partial charge >= 0.3 is 5.97 Å². The van der Waals surface area contributed by atoms with E-state index in [2.05, 4.69) is 5.32 Å². The lowest BCUT2D eigenvalue weighted by Gasteiger charge is -2.16. The van der Waals surface area contributed by atoms with Crippen LogP contribution < -0.4 is 5.32 Å². The van der Waals surface area contributed by atoms with E-state index >= 15 is 0 Å². The van der Waals surface area contributed by atoms with Crippen LogP contribution in [-0.4, -0.2) is 23.0 Å². The number of hydrogen-bond donors (Lipinski definition) is 2. The smallest absolute Gasteiger partial charge is 0.305 e. The molecule has 1 aliphatic carbocycles. The molecule has 1 fully saturated rings. The minimum atomic E-state index is -0.857. The fraction of sp³-hybridized carbons (Fsp3) is 0.500. The highest BCUT2D eigenvalue weighted by Crippen LogP contribution is 2.34. The molecule has 0 spiro atoms. The third-order valence-electron chi connectivity index (χ3n) is 3.00. The van der Waals surface area contributed by atoms with Crippen LogP contribution in [-0.2, 0) is 4.79 Å². The molecule has 0 saturated heterocycles. The third-order valence-corrected chi connectivity index (χ3v) is 3.86. The number of aliphatic carboxylic acids is 1. The molecule has 1 aromatic heterocycles. The minimum absolute atomic E-state index is 0.0135. The van der Waals surface area contributed by atoms with E-state index in [-0.39, 0.29) is 18.4 Å². The Hall–Kier alpha value is -1.36. The summed E-state index contributed by atoms with van der Waals surface area (Å²) in [4.78, 5) is 22.7. The van der Waals surface area contributed by atoms with E-state index in [1.807, 2.05) is 12.3 Å². The number of carboxylic acid groups (broad SMARTS) is 1. The van der Waals surface area contributed by atoms with E-state index in [0.717, 1.165) is 18.4 Å². The van der Waals surface area contributed by atoms with Gasteiger partial charge in [-0.15, -0.1) is 0 Å². The zero-order valence-electron chi connectivity index (χ0n) is 9.60. The van der Waals surface area contributed by atoms with Gasteiger partial charge in [0.2, 0.25) is 0 Å². The number of thiophene rings is 1. The number of carbonyl (C=O) groups excluding carboxylic acids is 1. The van der Waals surface area contributed by atoms with E-state index in [1.54, 1.807) is 5.38 Å². The molecule has 1 amide bonds. The lowest BCUT2D eigenvalue weighted by atomic mass is 10.1. The predicted octanol–water partition coefficient (Wildman–Crippen LogP) is 2.04. The second-order valence-electron chi connectivity index (χ2n) is 4.48. The first-order valence-electron chi connectivity index (χ1n) is 5.63. The highest BCUT2D eigenvalue weighted by atomic mass is 32.1. The number of aryl methyl sites for hydroxylation is 1. The fourth-order valence-electron chi connectivity index (χ4n) is 1.86. The van der Waals surface area contributed by atoms with E-state index in [4.69, 9.17) is 5.11 Å². The molecule has 1 aliphatic rings. The first kappa shape index (κ1) is 12.1. The summed E-state index contributed by atoms with van der Waals surface area (Å²) in [6, 6.07) is -0.223. The van der Waals surface area contributed by atoms with E-state index in [1.165, 1.54) is 11.3 Å². The van der Waals surface area contributed by atoms with Gasteiger partial charge in [-0.1, -0.05) is 0 Å². The molecule has 0 aliphatic heterocycles. The Morgan fingerprint density at radius 2 is 2.24 bits per heavy atom.